The largest absolute Gasteiger partial charge is 0.401 e. The molecule has 3 rings (SSSR count). The first-order valence-electron chi connectivity index (χ1n) is 9.68. The Morgan fingerprint density at radius 1 is 0.724 bits per heavy atom. The van der Waals surface area contributed by atoms with E-state index in [1.165, 1.54) is 0 Å². The topological polar surface area (TPSA) is 43.4 Å². The zero-order valence-corrected chi connectivity index (χ0v) is 18.5. The van der Waals surface area contributed by atoms with Gasteiger partial charge in [-0.25, -0.2) is 4.79 Å². The predicted octanol–water partition coefficient (Wildman–Crippen LogP) is 5.69. The van der Waals surface area contributed by atoms with E-state index in [1.807, 2.05) is 50.2 Å². The smallest absolute Gasteiger partial charge is 0.343 e. The Hall–Kier alpha value is -2.64. The Morgan fingerprint density at radius 2 is 1.14 bits per heavy atom. The summed E-state index contributed by atoms with van der Waals surface area (Å²) in [5.41, 5.74) is 3.59. The molecule has 0 saturated heterocycles. The van der Waals surface area contributed by atoms with Gasteiger partial charge in [0.25, 0.3) is 0 Å². The first-order chi connectivity index (χ1) is 13.6. The minimum atomic E-state index is -3.58. The lowest BCUT2D eigenvalue weighted by molar-refractivity contribution is 0.0747. The van der Waals surface area contributed by atoms with Crippen LogP contribution in [0.5, 0.6) is 0 Å². The van der Waals surface area contributed by atoms with Gasteiger partial charge in [-0.15, -0.1) is 0 Å². The van der Waals surface area contributed by atoms with Crippen molar-refractivity contribution in [3.63, 3.8) is 0 Å². The van der Waals surface area contributed by atoms with E-state index in [0.717, 1.165) is 16.7 Å². The molecule has 3 aromatic rings. The molecule has 0 heterocycles. The highest BCUT2D eigenvalue weighted by Crippen LogP contribution is 2.45. The first kappa shape index (κ1) is 21.1. The van der Waals surface area contributed by atoms with Crippen molar-refractivity contribution in [1.29, 1.82) is 0 Å². The van der Waals surface area contributed by atoms with Gasteiger partial charge >= 0.3 is 13.3 Å². The maximum Gasteiger partial charge on any atom is 0.343 e. The molecule has 0 amide bonds. The van der Waals surface area contributed by atoms with Gasteiger partial charge in [0.15, 0.2) is 0 Å². The number of hydrogen-bond donors (Lipinski definition) is 0. The molecule has 0 atom stereocenters. The van der Waals surface area contributed by atoms with Crippen molar-refractivity contribution in [3.05, 3.63) is 95.1 Å². The summed E-state index contributed by atoms with van der Waals surface area (Å²) in [6.45, 7) is 10.3. The van der Waals surface area contributed by atoms with E-state index in [2.05, 4.69) is 20.8 Å². The number of rotatable bonds is 4. The average Bonchev–Trinajstić information content (AvgIpc) is 2.68. The molecule has 0 aliphatic heterocycles. The van der Waals surface area contributed by atoms with Crippen molar-refractivity contribution in [3.8, 4) is 0 Å². The van der Waals surface area contributed by atoms with Crippen LogP contribution in [0.25, 0.3) is 0 Å². The van der Waals surface area contributed by atoms with Gasteiger partial charge in [0.1, 0.15) is 0 Å². The monoisotopic (exact) mass is 406 g/mol. The van der Waals surface area contributed by atoms with Crippen LogP contribution in [0.15, 0.2) is 72.8 Å². The molecule has 0 aliphatic rings. The van der Waals surface area contributed by atoms with E-state index in [-0.39, 0.29) is 5.41 Å². The molecule has 3 nitrogen and oxygen atoms in total. The van der Waals surface area contributed by atoms with Gasteiger partial charge in [0.2, 0.25) is 0 Å². The lowest BCUT2D eigenvalue weighted by atomic mass is 9.87. The third kappa shape index (κ3) is 4.68. The summed E-state index contributed by atoms with van der Waals surface area (Å²) in [4.78, 5) is 12.9. The van der Waals surface area contributed by atoms with E-state index in [1.54, 1.807) is 36.4 Å². The van der Waals surface area contributed by atoms with Crippen molar-refractivity contribution < 1.29 is 13.9 Å². The highest BCUT2D eigenvalue weighted by atomic mass is 31.2. The summed E-state index contributed by atoms with van der Waals surface area (Å²) >= 11 is 0. The van der Waals surface area contributed by atoms with Crippen LogP contribution in [0.2, 0.25) is 0 Å². The third-order valence-electron chi connectivity index (χ3n) is 4.95. The second-order valence-corrected chi connectivity index (χ2v) is 10.7. The fraction of sp³-hybridized carbons (Fsp3) is 0.240. The molecule has 0 saturated carbocycles. The molecule has 0 fully saturated rings. The van der Waals surface area contributed by atoms with Gasteiger partial charge in [-0.2, -0.15) is 0 Å². The molecule has 0 bridgehead atoms. The van der Waals surface area contributed by atoms with Crippen molar-refractivity contribution in [1.82, 2.24) is 0 Å². The molecule has 150 valence electrons. The molecule has 0 aromatic heterocycles. The summed E-state index contributed by atoms with van der Waals surface area (Å²) in [7, 11) is -3.58. The van der Waals surface area contributed by atoms with Crippen LogP contribution in [0.3, 0.4) is 0 Å². The molecule has 3 aromatic carbocycles. The quantitative estimate of drug-likeness (QED) is 0.523. The first-order valence-corrected chi connectivity index (χ1v) is 11.3. The fourth-order valence-corrected chi connectivity index (χ4v) is 4.94. The van der Waals surface area contributed by atoms with Crippen LogP contribution in [-0.4, -0.2) is 5.97 Å². The van der Waals surface area contributed by atoms with Gasteiger partial charge in [-0.3, -0.25) is 4.57 Å². The molecule has 0 unspecified atom stereocenters. The van der Waals surface area contributed by atoms with Gasteiger partial charge in [-0.1, -0.05) is 68.3 Å². The molecule has 0 spiro atoms. The Labute approximate surface area is 173 Å². The Bertz CT molecular complexity index is 992. The van der Waals surface area contributed by atoms with Gasteiger partial charge in [0.05, 0.1) is 16.2 Å². The average molecular weight is 406 g/mol. The molecule has 0 N–H and O–H groups in total. The Morgan fingerprint density at radius 3 is 1.52 bits per heavy atom. The van der Waals surface area contributed by atoms with Gasteiger partial charge in [-0.05, 0) is 61.2 Å². The van der Waals surface area contributed by atoms with Crippen molar-refractivity contribution in [2.45, 2.75) is 40.0 Å². The number of hydrogen-bond acceptors (Lipinski definition) is 3. The van der Waals surface area contributed by atoms with Crippen LogP contribution >= 0.6 is 7.37 Å². The maximum absolute atomic E-state index is 14.0. The highest BCUT2D eigenvalue weighted by molar-refractivity contribution is 7.74. The van der Waals surface area contributed by atoms with E-state index < -0.39 is 13.3 Å². The summed E-state index contributed by atoms with van der Waals surface area (Å²) in [6.07, 6.45) is 0. The SMILES string of the molecule is Cc1ccc(P(=O)(OC(=O)c2ccc(C(C)(C)C)cc2)c2ccc(C)cc2)cc1. The maximum atomic E-state index is 14.0. The normalized spacial score (nSPS) is 11.9. The fourth-order valence-electron chi connectivity index (χ4n) is 3.01. The van der Waals surface area contributed by atoms with Crippen molar-refractivity contribution in [2.24, 2.45) is 0 Å². The third-order valence-corrected chi connectivity index (χ3v) is 7.32. The summed E-state index contributed by atoms with van der Waals surface area (Å²) < 4.78 is 19.7. The standard InChI is InChI=1S/C25H27O3P/c1-18-6-14-22(15-7-18)29(27,23-16-8-19(2)9-17-23)28-24(26)20-10-12-21(13-11-20)25(3,4)5/h6-17H,1-5H3. The van der Waals surface area contributed by atoms with Crippen LogP contribution in [0, 0.1) is 13.8 Å². The van der Waals surface area contributed by atoms with Crippen LogP contribution in [0.4, 0.5) is 0 Å². The molecule has 29 heavy (non-hydrogen) atoms. The molecular weight excluding hydrogens is 379 g/mol. The zero-order valence-electron chi connectivity index (χ0n) is 17.6. The van der Waals surface area contributed by atoms with E-state index in [9.17, 15) is 9.36 Å². The van der Waals surface area contributed by atoms with E-state index >= 15 is 0 Å². The summed E-state index contributed by atoms with van der Waals surface area (Å²) in [5.74, 6) is -0.588. The van der Waals surface area contributed by atoms with Crippen molar-refractivity contribution >= 4 is 23.9 Å². The highest BCUT2D eigenvalue weighted by Gasteiger charge is 2.33. The Kier molecular flexibility index (Phi) is 5.82. The van der Waals surface area contributed by atoms with Crippen molar-refractivity contribution in [2.75, 3.05) is 0 Å². The lowest BCUT2D eigenvalue weighted by Gasteiger charge is -2.21. The molecule has 4 heteroatoms. The summed E-state index contributed by atoms with van der Waals surface area (Å²) in [5, 5.41) is 1.01. The number of carbonyl (C=O) groups is 1. The number of aryl methyl sites for hydroxylation is 2. The van der Waals surface area contributed by atoms with E-state index in [0.29, 0.717) is 16.2 Å². The van der Waals surface area contributed by atoms with Gasteiger partial charge < -0.3 is 4.52 Å². The number of benzene rings is 3. The van der Waals surface area contributed by atoms with E-state index in [4.69, 9.17) is 4.52 Å². The predicted molar refractivity (Wildman–Crippen MR) is 120 cm³/mol. The van der Waals surface area contributed by atoms with Gasteiger partial charge in [0, 0.05) is 0 Å². The minimum Gasteiger partial charge on any atom is -0.401 e. The second-order valence-electron chi connectivity index (χ2n) is 8.43. The summed E-state index contributed by atoms with van der Waals surface area (Å²) in [6, 6.07) is 21.9. The Balaban J connectivity index is 1.99. The molecule has 0 radical (unpaired) electrons. The second kappa shape index (κ2) is 8.00. The van der Waals surface area contributed by atoms with Crippen LogP contribution in [-0.2, 0) is 14.5 Å². The lowest BCUT2D eigenvalue weighted by Crippen LogP contribution is -2.21. The zero-order chi connectivity index (χ0) is 21.2. The minimum absolute atomic E-state index is 0.0124. The molecular formula is C25H27O3P. The van der Waals surface area contributed by atoms with Crippen LogP contribution < -0.4 is 10.6 Å². The number of carbonyl (C=O) groups excluding carboxylic acids is 1. The molecule has 0 aliphatic carbocycles. The van der Waals surface area contributed by atoms with Crippen LogP contribution in [0.1, 0.15) is 47.8 Å².